The number of amides is 1. The van der Waals surface area contributed by atoms with E-state index >= 15 is 4.39 Å². The highest BCUT2D eigenvalue weighted by Crippen LogP contribution is 2.39. The Morgan fingerprint density at radius 3 is 2.37 bits per heavy atom. The average Bonchev–Trinajstić information content (AvgIpc) is 3.37. The molecule has 0 aliphatic carbocycles. The first kappa shape index (κ1) is 32.9. The van der Waals surface area contributed by atoms with E-state index in [-0.39, 0.29) is 11.8 Å². The summed E-state index contributed by atoms with van der Waals surface area (Å²) in [7, 11) is 1.63. The Morgan fingerprint density at radius 2 is 1.69 bits per heavy atom. The largest absolute Gasteiger partial charge is 0.497 e. The molecule has 3 aromatic heterocycles. The molecule has 0 saturated carbocycles. The number of carbonyl (C=O) groups excluding carboxylic acids is 1. The van der Waals surface area contributed by atoms with Crippen LogP contribution in [0.3, 0.4) is 0 Å². The first-order chi connectivity index (χ1) is 23.5. The fourth-order valence-electron chi connectivity index (χ4n) is 5.34. The quantitative estimate of drug-likeness (QED) is 0.157. The number of anilines is 2. The van der Waals surface area contributed by atoms with E-state index in [0.717, 1.165) is 28.1 Å². The Bertz CT molecular complexity index is 2130. The van der Waals surface area contributed by atoms with Crippen LogP contribution in [0.15, 0.2) is 85.3 Å². The number of hydrogen-bond donors (Lipinski definition) is 2. The molecule has 0 aliphatic rings. The molecular weight excluding hydrogens is 625 g/mol. The summed E-state index contributed by atoms with van der Waals surface area (Å²) < 4.78 is 34.1. The summed E-state index contributed by atoms with van der Waals surface area (Å²) in [5.41, 5.74) is 5.93. The number of rotatable bonds is 9. The van der Waals surface area contributed by atoms with Gasteiger partial charge in [0.1, 0.15) is 23.2 Å². The second kappa shape index (κ2) is 13.6. The van der Waals surface area contributed by atoms with Crippen LogP contribution >= 0.6 is 0 Å². The minimum atomic E-state index is -0.634. The molecule has 3 aromatic carbocycles. The first-order valence-electron chi connectivity index (χ1n) is 15.6. The molecule has 0 atom stereocenters. The number of nitrogens with zero attached hydrogens (tertiary/aromatic N) is 5. The molecule has 250 valence electrons. The van der Waals surface area contributed by atoms with Crippen LogP contribution in [0, 0.1) is 19.7 Å². The normalized spacial score (nSPS) is 11.3. The van der Waals surface area contributed by atoms with Crippen molar-refractivity contribution in [2.75, 3.05) is 17.7 Å². The first-order valence-corrected chi connectivity index (χ1v) is 15.6. The maximum atomic E-state index is 15.8. The Balaban J connectivity index is 1.43. The molecule has 11 nitrogen and oxygen atoms in total. The Kier molecular flexibility index (Phi) is 9.12. The van der Waals surface area contributed by atoms with E-state index < -0.39 is 17.5 Å². The van der Waals surface area contributed by atoms with Crippen molar-refractivity contribution < 1.29 is 23.4 Å². The van der Waals surface area contributed by atoms with Gasteiger partial charge in [0, 0.05) is 41.4 Å². The lowest BCUT2D eigenvalue weighted by Crippen LogP contribution is -2.27. The van der Waals surface area contributed by atoms with Crippen molar-refractivity contribution in [2.45, 2.75) is 46.8 Å². The third-order valence-electron chi connectivity index (χ3n) is 7.55. The molecule has 49 heavy (non-hydrogen) atoms. The van der Waals surface area contributed by atoms with Crippen LogP contribution in [-0.4, -0.2) is 43.3 Å². The molecule has 3 heterocycles. The average molecular weight is 662 g/mol. The van der Waals surface area contributed by atoms with Crippen molar-refractivity contribution in [1.29, 1.82) is 0 Å². The van der Waals surface area contributed by atoms with E-state index in [4.69, 9.17) is 14.2 Å². The van der Waals surface area contributed by atoms with Crippen molar-refractivity contribution in [3.05, 3.63) is 108 Å². The van der Waals surface area contributed by atoms with E-state index in [9.17, 15) is 4.79 Å². The molecule has 0 aliphatic heterocycles. The summed E-state index contributed by atoms with van der Waals surface area (Å²) in [4.78, 5) is 30.0. The Morgan fingerprint density at radius 1 is 0.939 bits per heavy atom. The van der Waals surface area contributed by atoms with E-state index in [2.05, 4.69) is 30.6 Å². The Hall–Kier alpha value is -6.04. The number of methoxy groups -OCH3 is 1. The van der Waals surface area contributed by atoms with Crippen molar-refractivity contribution in [2.24, 2.45) is 0 Å². The fourth-order valence-corrected chi connectivity index (χ4v) is 5.34. The number of halogens is 1. The van der Waals surface area contributed by atoms with Gasteiger partial charge in [-0.15, -0.1) is 0 Å². The van der Waals surface area contributed by atoms with Crippen LogP contribution in [0.2, 0.25) is 0 Å². The SMILES string of the molecule is COc1ccc(CNc2ncnc3c(C)c(-c4ccc(NC(=O)OC(C)(C)C)cc4)n(-c4ccc(Oc5nccc(C)n5)c(F)c4)c23)cc1. The lowest BCUT2D eigenvalue weighted by molar-refractivity contribution is 0.0636. The van der Waals surface area contributed by atoms with Crippen LogP contribution in [-0.2, 0) is 11.3 Å². The molecular formula is C37H36FN7O4. The third kappa shape index (κ3) is 7.43. The van der Waals surface area contributed by atoms with Gasteiger partial charge in [0.2, 0.25) is 0 Å². The monoisotopic (exact) mass is 661 g/mol. The van der Waals surface area contributed by atoms with Gasteiger partial charge in [0.15, 0.2) is 17.4 Å². The third-order valence-corrected chi connectivity index (χ3v) is 7.55. The van der Waals surface area contributed by atoms with Crippen LogP contribution < -0.4 is 20.1 Å². The molecule has 0 bridgehead atoms. The van der Waals surface area contributed by atoms with Crippen LogP contribution in [0.4, 0.5) is 20.7 Å². The molecule has 2 N–H and O–H groups in total. The fraction of sp³-hybridized carbons (Fsp3) is 0.216. The summed E-state index contributed by atoms with van der Waals surface area (Å²) in [5, 5.41) is 6.22. The lowest BCUT2D eigenvalue weighted by Gasteiger charge is -2.19. The minimum Gasteiger partial charge on any atom is -0.497 e. The summed E-state index contributed by atoms with van der Waals surface area (Å²) in [6.07, 6.45) is 2.51. The summed E-state index contributed by atoms with van der Waals surface area (Å²) in [6, 6.07) is 21.5. The van der Waals surface area contributed by atoms with Crippen molar-refractivity contribution in [3.63, 3.8) is 0 Å². The van der Waals surface area contributed by atoms with E-state index in [1.807, 2.05) is 47.9 Å². The Labute approximate surface area is 283 Å². The molecule has 0 spiro atoms. The standard InChI is InChI=1S/C37H36FN7O4/c1-22-17-18-39-35(43-22)48-30-16-13-27(19-29(30)38)45-32(25-9-11-26(12-10-25)44-36(46)49-37(3,4)5)23(2)31-33(45)34(42-21-41-31)40-20-24-7-14-28(47-6)15-8-24/h7-19,21H,20H2,1-6H3,(H,44,46)(H,40,41,42). The zero-order valence-corrected chi connectivity index (χ0v) is 28.0. The highest BCUT2D eigenvalue weighted by Gasteiger charge is 2.23. The molecule has 6 rings (SSSR count). The van der Waals surface area contributed by atoms with Gasteiger partial charge in [-0.05, 0) is 88.2 Å². The lowest BCUT2D eigenvalue weighted by atomic mass is 10.1. The maximum absolute atomic E-state index is 15.8. The van der Waals surface area contributed by atoms with Gasteiger partial charge < -0.3 is 24.1 Å². The van der Waals surface area contributed by atoms with Gasteiger partial charge >= 0.3 is 12.1 Å². The second-order valence-corrected chi connectivity index (χ2v) is 12.3. The number of aryl methyl sites for hydroxylation is 2. The number of benzene rings is 3. The van der Waals surface area contributed by atoms with Gasteiger partial charge in [-0.1, -0.05) is 24.3 Å². The van der Waals surface area contributed by atoms with E-state index in [0.29, 0.717) is 40.5 Å². The predicted octanol–water partition coefficient (Wildman–Crippen LogP) is 8.39. The zero-order valence-electron chi connectivity index (χ0n) is 28.0. The topological polar surface area (TPSA) is 125 Å². The molecule has 0 unspecified atom stereocenters. The van der Waals surface area contributed by atoms with Gasteiger partial charge in [-0.3, -0.25) is 5.32 Å². The highest BCUT2D eigenvalue weighted by molar-refractivity contribution is 5.97. The number of carbonyl (C=O) groups is 1. The predicted molar refractivity (Wildman–Crippen MR) is 186 cm³/mol. The van der Waals surface area contributed by atoms with Gasteiger partial charge in [-0.25, -0.2) is 29.1 Å². The number of fused-ring (bicyclic) bond motifs is 1. The van der Waals surface area contributed by atoms with Crippen molar-refractivity contribution >= 4 is 28.6 Å². The molecule has 0 radical (unpaired) electrons. The second-order valence-electron chi connectivity index (χ2n) is 12.3. The van der Waals surface area contributed by atoms with Gasteiger partial charge in [0.25, 0.3) is 0 Å². The number of ether oxygens (including phenoxy) is 3. The molecule has 1 amide bonds. The summed E-state index contributed by atoms with van der Waals surface area (Å²) in [6.45, 7) is 9.65. The van der Waals surface area contributed by atoms with Crippen LogP contribution in [0.5, 0.6) is 17.5 Å². The number of aromatic nitrogens is 5. The molecule has 0 fully saturated rings. The zero-order chi connectivity index (χ0) is 34.7. The van der Waals surface area contributed by atoms with E-state index in [1.54, 1.807) is 71.3 Å². The van der Waals surface area contributed by atoms with Crippen LogP contribution in [0.25, 0.3) is 28.0 Å². The van der Waals surface area contributed by atoms with Crippen LogP contribution in [0.1, 0.15) is 37.6 Å². The minimum absolute atomic E-state index is 0.0178. The van der Waals surface area contributed by atoms with Gasteiger partial charge in [-0.2, -0.15) is 0 Å². The van der Waals surface area contributed by atoms with Crippen molar-refractivity contribution in [3.8, 4) is 34.5 Å². The molecule has 0 saturated heterocycles. The summed E-state index contributed by atoms with van der Waals surface area (Å²) in [5.74, 6) is 0.704. The van der Waals surface area contributed by atoms with E-state index in [1.165, 1.54) is 12.4 Å². The molecule has 12 heteroatoms. The number of nitrogens with one attached hydrogen (secondary N) is 2. The number of hydrogen-bond acceptors (Lipinski definition) is 9. The highest BCUT2D eigenvalue weighted by atomic mass is 19.1. The smallest absolute Gasteiger partial charge is 0.412 e. The maximum Gasteiger partial charge on any atom is 0.412 e. The van der Waals surface area contributed by atoms with Gasteiger partial charge in [0.05, 0.1) is 18.3 Å². The summed E-state index contributed by atoms with van der Waals surface area (Å²) >= 11 is 0. The van der Waals surface area contributed by atoms with Crippen molar-refractivity contribution in [1.82, 2.24) is 24.5 Å². The molecule has 6 aromatic rings.